The zero-order chi connectivity index (χ0) is 17.7. The van der Waals surface area contributed by atoms with Crippen molar-refractivity contribution in [3.05, 3.63) is 59.7 Å². The summed E-state index contributed by atoms with van der Waals surface area (Å²) in [6.07, 6.45) is 6.16. The lowest BCUT2D eigenvalue weighted by Gasteiger charge is -2.24. The molecule has 0 radical (unpaired) electrons. The highest BCUT2D eigenvalue weighted by atomic mass is 19.1. The molecular weight excluding hydrogens is 317 g/mol. The number of allylic oxidation sites excluding steroid dienone is 2. The fourth-order valence-corrected chi connectivity index (χ4v) is 2.20. The second-order valence-electron chi connectivity index (χ2n) is 4.63. The molecular formula is C17H16FNO5. The molecule has 6 nitrogen and oxygen atoms in total. The van der Waals surface area contributed by atoms with Crippen LogP contribution in [0.15, 0.2) is 53.9 Å². The number of carbonyl (C=O) groups is 2. The van der Waals surface area contributed by atoms with Crippen LogP contribution in [0, 0.1) is 5.82 Å². The molecule has 126 valence electrons. The Kier molecular flexibility index (Phi) is 5.36. The molecule has 0 saturated heterocycles. The number of halogens is 1. The summed E-state index contributed by atoms with van der Waals surface area (Å²) < 4.78 is 28.2. The summed E-state index contributed by atoms with van der Waals surface area (Å²) >= 11 is 0. The van der Waals surface area contributed by atoms with Crippen LogP contribution in [0.5, 0.6) is 5.75 Å². The number of hydrogen-bond donors (Lipinski definition) is 0. The lowest BCUT2D eigenvalue weighted by atomic mass is 10.1. The van der Waals surface area contributed by atoms with Crippen LogP contribution >= 0.6 is 0 Å². The maximum atomic E-state index is 13.5. The van der Waals surface area contributed by atoms with Crippen molar-refractivity contribution in [3.63, 3.8) is 0 Å². The molecule has 0 aromatic heterocycles. The van der Waals surface area contributed by atoms with E-state index >= 15 is 0 Å². The maximum absolute atomic E-state index is 13.5. The van der Waals surface area contributed by atoms with E-state index in [-0.39, 0.29) is 17.0 Å². The van der Waals surface area contributed by atoms with Gasteiger partial charge in [0.25, 0.3) is 0 Å². The van der Waals surface area contributed by atoms with Crippen LogP contribution in [0.1, 0.15) is 0 Å². The molecule has 1 aromatic rings. The van der Waals surface area contributed by atoms with Gasteiger partial charge in [-0.05, 0) is 24.3 Å². The van der Waals surface area contributed by atoms with Crippen molar-refractivity contribution in [1.82, 2.24) is 0 Å². The minimum absolute atomic E-state index is 0.000674. The van der Waals surface area contributed by atoms with Gasteiger partial charge in [-0.15, -0.1) is 0 Å². The third-order valence-corrected chi connectivity index (χ3v) is 3.29. The van der Waals surface area contributed by atoms with E-state index in [1.165, 1.54) is 56.7 Å². The minimum Gasteiger partial charge on any atom is -0.494 e. The Balaban J connectivity index is 2.70. The molecule has 1 aromatic carbocycles. The lowest BCUT2D eigenvalue weighted by molar-refractivity contribution is -0.139. The summed E-state index contributed by atoms with van der Waals surface area (Å²) in [5.41, 5.74) is 0.292. The Morgan fingerprint density at radius 3 is 2.38 bits per heavy atom. The SMILES string of the molecule is COC(=O)C1=C(C(=O)OC)N(c2ccc(F)cc2OC)C=CC=C1. The highest BCUT2D eigenvalue weighted by molar-refractivity contribution is 6.05. The number of carbonyl (C=O) groups excluding carboxylic acids is 2. The standard InChI is InChI=1S/C17H16FNO5/c1-22-14-10-11(18)7-8-13(14)19-9-5-4-6-12(16(20)23-2)15(19)17(21)24-3/h4-10H,1-3H3. The van der Waals surface area contributed by atoms with Gasteiger partial charge in [0.15, 0.2) is 0 Å². The van der Waals surface area contributed by atoms with Gasteiger partial charge in [0.1, 0.15) is 17.3 Å². The quantitative estimate of drug-likeness (QED) is 0.788. The largest absolute Gasteiger partial charge is 0.494 e. The van der Waals surface area contributed by atoms with Gasteiger partial charge in [-0.25, -0.2) is 14.0 Å². The minimum atomic E-state index is -0.752. The topological polar surface area (TPSA) is 65.1 Å². The zero-order valence-corrected chi connectivity index (χ0v) is 13.4. The van der Waals surface area contributed by atoms with Crippen molar-refractivity contribution in [3.8, 4) is 5.75 Å². The van der Waals surface area contributed by atoms with Crippen molar-refractivity contribution in [2.45, 2.75) is 0 Å². The van der Waals surface area contributed by atoms with Crippen LogP contribution in [0.25, 0.3) is 0 Å². The van der Waals surface area contributed by atoms with E-state index in [0.717, 1.165) is 0 Å². The van der Waals surface area contributed by atoms with Gasteiger partial charge in [-0.2, -0.15) is 0 Å². The van der Waals surface area contributed by atoms with E-state index in [9.17, 15) is 14.0 Å². The van der Waals surface area contributed by atoms with Gasteiger partial charge in [-0.1, -0.05) is 6.08 Å². The van der Waals surface area contributed by atoms with Crippen LogP contribution < -0.4 is 9.64 Å². The van der Waals surface area contributed by atoms with Crippen LogP contribution in [0.2, 0.25) is 0 Å². The Hall–Kier alpha value is -3.09. The van der Waals surface area contributed by atoms with E-state index < -0.39 is 17.8 Å². The maximum Gasteiger partial charge on any atom is 0.355 e. The summed E-state index contributed by atoms with van der Waals surface area (Å²) in [4.78, 5) is 25.7. The van der Waals surface area contributed by atoms with E-state index in [4.69, 9.17) is 14.2 Å². The third-order valence-electron chi connectivity index (χ3n) is 3.29. The molecule has 0 saturated carbocycles. The number of esters is 2. The van der Waals surface area contributed by atoms with Gasteiger partial charge in [0, 0.05) is 12.3 Å². The monoisotopic (exact) mass is 333 g/mol. The Labute approximate surface area is 138 Å². The van der Waals surface area contributed by atoms with Crippen LogP contribution in [-0.2, 0) is 19.1 Å². The first-order valence-corrected chi connectivity index (χ1v) is 6.92. The van der Waals surface area contributed by atoms with Gasteiger partial charge < -0.3 is 19.1 Å². The lowest BCUT2D eigenvalue weighted by Crippen LogP contribution is -2.27. The predicted molar refractivity (Wildman–Crippen MR) is 84.8 cm³/mol. The fourth-order valence-electron chi connectivity index (χ4n) is 2.20. The van der Waals surface area contributed by atoms with Gasteiger partial charge in [0.05, 0.1) is 32.6 Å². The number of benzene rings is 1. The summed E-state index contributed by atoms with van der Waals surface area (Å²) in [7, 11) is 3.78. The number of hydrogen-bond acceptors (Lipinski definition) is 6. The molecule has 1 heterocycles. The highest BCUT2D eigenvalue weighted by Crippen LogP contribution is 2.34. The molecule has 0 amide bonds. The first-order chi connectivity index (χ1) is 11.5. The van der Waals surface area contributed by atoms with E-state index in [2.05, 4.69) is 0 Å². The molecule has 0 spiro atoms. The summed E-state index contributed by atoms with van der Waals surface area (Å²) in [5, 5.41) is 0. The molecule has 0 fully saturated rings. The summed E-state index contributed by atoms with van der Waals surface area (Å²) in [5.74, 6) is -1.77. The smallest absolute Gasteiger partial charge is 0.355 e. The Morgan fingerprint density at radius 2 is 1.75 bits per heavy atom. The molecule has 1 aliphatic rings. The van der Waals surface area contributed by atoms with E-state index in [0.29, 0.717) is 5.69 Å². The molecule has 7 heteroatoms. The summed E-state index contributed by atoms with van der Waals surface area (Å²) in [6, 6.07) is 3.83. The van der Waals surface area contributed by atoms with Gasteiger partial charge in [-0.3, -0.25) is 0 Å². The van der Waals surface area contributed by atoms with Crippen molar-refractivity contribution in [2.24, 2.45) is 0 Å². The van der Waals surface area contributed by atoms with Crippen LogP contribution in [0.4, 0.5) is 10.1 Å². The summed E-state index contributed by atoms with van der Waals surface area (Å²) in [6.45, 7) is 0. The molecule has 0 unspecified atom stereocenters. The zero-order valence-electron chi connectivity index (χ0n) is 13.4. The molecule has 0 atom stereocenters. The normalized spacial score (nSPS) is 13.6. The average molecular weight is 333 g/mol. The van der Waals surface area contributed by atoms with Crippen molar-refractivity contribution in [2.75, 3.05) is 26.2 Å². The number of methoxy groups -OCH3 is 3. The van der Waals surface area contributed by atoms with Gasteiger partial charge in [0.2, 0.25) is 0 Å². The number of rotatable bonds is 4. The van der Waals surface area contributed by atoms with E-state index in [1.807, 2.05) is 0 Å². The molecule has 0 bridgehead atoms. The van der Waals surface area contributed by atoms with E-state index in [1.54, 1.807) is 12.2 Å². The molecule has 0 N–H and O–H groups in total. The molecule has 0 aliphatic carbocycles. The molecule has 1 aliphatic heterocycles. The first-order valence-electron chi connectivity index (χ1n) is 6.92. The van der Waals surface area contributed by atoms with Crippen molar-refractivity contribution < 1.29 is 28.2 Å². The van der Waals surface area contributed by atoms with Crippen LogP contribution in [-0.4, -0.2) is 33.3 Å². The van der Waals surface area contributed by atoms with Gasteiger partial charge >= 0.3 is 11.9 Å². The highest BCUT2D eigenvalue weighted by Gasteiger charge is 2.28. The Morgan fingerprint density at radius 1 is 1.04 bits per heavy atom. The first kappa shape index (κ1) is 17.3. The fraction of sp³-hybridized carbons (Fsp3) is 0.176. The van der Waals surface area contributed by atoms with Crippen molar-refractivity contribution in [1.29, 1.82) is 0 Å². The van der Waals surface area contributed by atoms with Crippen molar-refractivity contribution >= 4 is 17.6 Å². The second-order valence-corrected chi connectivity index (χ2v) is 4.63. The number of ether oxygens (including phenoxy) is 3. The molecule has 2 rings (SSSR count). The predicted octanol–water partition coefficient (Wildman–Crippen LogP) is 2.32. The second kappa shape index (κ2) is 7.45. The average Bonchev–Trinajstić information content (AvgIpc) is 2.82. The third kappa shape index (κ3) is 3.29. The molecule has 24 heavy (non-hydrogen) atoms. The number of nitrogens with zero attached hydrogens (tertiary/aromatic N) is 1. The Bertz CT molecular complexity index is 751. The number of anilines is 1. The van der Waals surface area contributed by atoms with Crippen LogP contribution in [0.3, 0.4) is 0 Å².